The highest BCUT2D eigenvalue weighted by molar-refractivity contribution is 6.77. The summed E-state index contributed by atoms with van der Waals surface area (Å²) in [7, 11) is 0. The van der Waals surface area contributed by atoms with Crippen molar-refractivity contribution < 1.29 is 4.39 Å². The molecule has 0 radical (unpaired) electrons. The fourth-order valence-corrected chi connectivity index (χ4v) is 2.65. The first kappa shape index (κ1) is 16.3. The van der Waals surface area contributed by atoms with Gasteiger partial charge in [0.25, 0.3) is 0 Å². The molecule has 0 fully saturated rings. The van der Waals surface area contributed by atoms with E-state index >= 15 is 0 Å². The Labute approximate surface area is 142 Å². The summed E-state index contributed by atoms with van der Waals surface area (Å²) in [5.41, 5.74) is 6.17. The molecule has 0 bridgehead atoms. The quantitative estimate of drug-likeness (QED) is 0.795. The fraction of sp³-hybridized carbons (Fsp3) is 0.118. The van der Waals surface area contributed by atoms with Crippen molar-refractivity contribution in [2.75, 3.05) is 0 Å². The number of halogens is 1. The second kappa shape index (κ2) is 6.13. The van der Waals surface area contributed by atoms with Crippen molar-refractivity contribution in [1.82, 2.24) is 9.78 Å². The lowest BCUT2D eigenvalue weighted by Gasteiger charge is -2.20. The minimum absolute atomic E-state index is 0.0538. The van der Waals surface area contributed by atoms with E-state index in [0.717, 1.165) is 0 Å². The van der Waals surface area contributed by atoms with Crippen molar-refractivity contribution in [3.8, 4) is 6.07 Å². The van der Waals surface area contributed by atoms with Crippen LogP contribution >= 0.6 is 0 Å². The minimum Gasteiger partial charge on any atom is -0.382 e. The normalized spacial score (nSPS) is 14.5. The number of rotatable bonds is 3. The van der Waals surface area contributed by atoms with Crippen LogP contribution in [0.2, 0.25) is 0 Å². The van der Waals surface area contributed by atoms with Crippen LogP contribution in [-0.2, 0) is 6.54 Å². The van der Waals surface area contributed by atoms with E-state index in [1.807, 2.05) is 6.92 Å². The average molecular weight is 335 g/mol. The van der Waals surface area contributed by atoms with Gasteiger partial charge in [-0.1, -0.05) is 6.07 Å². The first-order valence-corrected chi connectivity index (χ1v) is 7.47. The molecule has 1 aromatic carbocycles. The van der Waals surface area contributed by atoms with Crippen LogP contribution in [0.5, 0.6) is 0 Å². The summed E-state index contributed by atoms with van der Waals surface area (Å²) < 4.78 is 16.3. The maximum Gasteiger partial charge on any atom is 0.151 e. The molecule has 1 aliphatic rings. The highest BCUT2D eigenvalue weighted by Crippen LogP contribution is 2.33. The van der Waals surface area contributed by atoms with Gasteiger partial charge in [0.2, 0.25) is 0 Å². The van der Waals surface area contributed by atoms with E-state index in [2.05, 4.69) is 10.1 Å². The van der Waals surface area contributed by atoms with Gasteiger partial charge < -0.3 is 5.73 Å². The molecule has 8 heteroatoms. The fourth-order valence-electron chi connectivity index (χ4n) is 2.65. The van der Waals surface area contributed by atoms with Gasteiger partial charge in [-0.2, -0.15) is 10.4 Å². The maximum atomic E-state index is 14.7. The SMILES string of the molecule is CCn1nccc1C1=C(c2cccc(C#N)c2F)N=C(N)C(=N)C1=N. The number of hydrogen-bond donors (Lipinski definition) is 3. The molecule has 7 nitrogen and oxygen atoms in total. The van der Waals surface area contributed by atoms with E-state index in [4.69, 9.17) is 21.8 Å². The molecular weight excluding hydrogens is 321 g/mol. The van der Waals surface area contributed by atoms with Crippen molar-refractivity contribution >= 4 is 28.5 Å². The number of nitrogens with zero attached hydrogens (tertiary/aromatic N) is 4. The predicted molar refractivity (Wildman–Crippen MR) is 92.9 cm³/mol. The summed E-state index contributed by atoms with van der Waals surface area (Å²) >= 11 is 0. The summed E-state index contributed by atoms with van der Waals surface area (Å²) in [4.78, 5) is 4.15. The Hall–Kier alpha value is -3.60. The molecule has 0 saturated heterocycles. The number of aliphatic imine (C=N–C) groups is 1. The van der Waals surface area contributed by atoms with E-state index < -0.39 is 5.82 Å². The number of nitriles is 1. The third-order valence-electron chi connectivity index (χ3n) is 3.87. The number of amidine groups is 1. The Morgan fingerprint density at radius 3 is 2.72 bits per heavy atom. The molecule has 0 spiro atoms. The molecule has 0 amide bonds. The molecule has 124 valence electrons. The molecule has 2 aromatic rings. The van der Waals surface area contributed by atoms with Crippen LogP contribution < -0.4 is 5.73 Å². The van der Waals surface area contributed by atoms with Gasteiger partial charge in [-0.25, -0.2) is 9.38 Å². The van der Waals surface area contributed by atoms with E-state index in [1.165, 1.54) is 18.2 Å². The Morgan fingerprint density at radius 2 is 2.04 bits per heavy atom. The van der Waals surface area contributed by atoms with Crippen molar-refractivity contribution in [3.63, 3.8) is 0 Å². The van der Waals surface area contributed by atoms with Gasteiger partial charge in [-0.05, 0) is 25.1 Å². The molecule has 1 aliphatic heterocycles. The van der Waals surface area contributed by atoms with Crippen LogP contribution in [0.15, 0.2) is 35.5 Å². The van der Waals surface area contributed by atoms with Gasteiger partial charge >= 0.3 is 0 Å². The van der Waals surface area contributed by atoms with Gasteiger partial charge in [0.05, 0.1) is 28.2 Å². The molecule has 4 N–H and O–H groups in total. The summed E-state index contributed by atoms with van der Waals surface area (Å²) in [5.74, 6) is -0.911. The number of hydrogen-bond acceptors (Lipinski definition) is 6. The topological polar surface area (TPSA) is 128 Å². The van der Waals surface area contributed by atoms with Crippen molar-refractivity contribution in [2.45, 2.75) is 13.5 Å². The van der Waals surface area contributed by atoms with Gasteiger partial charge in [-0.3, -0.25) is 15.5 Å². The van der Waals surface area contributed by atoms with Gasteiger partial charge in [-0.15, -0.1) is 0 Å². The molecule has 2 heterocycles. The second-order valence-corrected chi connectivity index (χ2v) is 5.28. The van der Waals surface area contributed by atoms with Gasteiger partial charge in [0, 0.05) is 18.3 Å². The molecular formula is C17H14FN7. The Kier molecular flexibility index (Phi) is 3.99. The summed E-state index contributed by atoms with van der Waals surface area (Å²) in [6.07, 6.45) is 1.56. The van der Waals surface area contributed by atoms with Crippen LogP contribution in [0, 0.1) is 28.0 Å². The lowest BCUT2D eigenvalue weighted by atomic mass is 9.93. The number of nitrogens with two attached hydrogens (primary N) is 1. The molecule has 0 atom stereocenters. The van der Waals surface area contributed by atoms with Crippen LogP contribution in [0.4, 0.5) is 4.39 Å². The molecule has 1 aromatic heterocycles. The summed E-state index contributed by atoms with van der Waals surface area (Å²) in [6, 6.07) is 7.82. The van der Waals surface area contributed by atoms with Crippen LogP contribution in [0.1, 0.15) is 23.7 Å². The molecule has 0 unspecified atom stereocenters. The predicted octanol–water partition coefficient (Wildman–Crippen LogP) is 2.19. The van der Waals surface area contributed by atoms with Crippen molar-refractivity contribution in [2.24, 2.45) is 10.7 Å². The third kappa shape index (κ3) is 2.52. The standard InChI is InChI=1S/C17H14FN7/c1-2-25-11(6-7-23-25)12-14(20)15(21)17(22)24-16(12)10-5-3-4-9(8-19)13(10)18/h3-7,20-21H,2H2,1H3,(H2,22,24). The highest BCUT2D eigenvalue weighted by Gasteiger charge is 2.29. The largest absolute Gasteiger partial charge is 0.382 e. The Balaban J connectivity index is 2.38. The second-order valence-electron chi connectivity index (χ2n) is 5.28. The van der Waals surface area contributed by atoms with Crippen LogP contribution in [-0.4, -0.2) is 27.0 Å². The third-order valence-corrected chi connectivity index (χ3v) is 3.87. The number of allylic oxidation sites excluding steroid dienone is 1. The molecule has 3 rings (SSSR count). The lowest BCUT2D eigenvalue weighted by molar-refractivity contribution is 0.620. The van der Waals surface area contributed by atoms with E-state index in [0.29, 0.717) is 12.2 Å². The van der Waals surface area contributed by atoms with Crippen molar-refractivity contribution in [1.29, 1.82) is 16.1 Å². The molecule has 0 saturated carbocycles. The van der Waals surface area contributed by atoms with E-state index in [1.54, 1.807) is 23.0 Å². The number of nitrogens with one attached hydrogen (secondary N) is 2. The lowest BCUT2D eigenvalue weighted by Crippen LogP contribution is -2.34. The highest BCUT2D eigenvalue weighted by atomic mass is 19.1. The van der Waals surface area contributed by atoms with Crippen LogP contribution in [0.3, 0.4) is 0 Å². The smallest absolute Gasteiger partial charge is 0.151 e. The zero-order valence-electron chi connectivity index (χ0n) is 13.3. The Bertz CT molecular complexity index is 1000. The maximum absolute atomic E-state index is 14.7. The number of aromatic nitrogens is 2. The first-order chi connectivity index (χ1) is 12.0. The van der Waals surface area contributed by atoms with E-state index in [-0.39, 0.29) is 39.7 Å². The van der Waals surface area contributed by atoms with Gasteiger partial charge in [0.1, 0.15) is 17.6 Å². The summed E-state index contributed by atoms with van der Waals surface area (Å²) in [5, 5.41) is 29.5. The average Bonchev–Trinajstić information content (AvgIpc) is 3.08. The van der Waals surface area contributed by atoms with Crippen LogP contribution in [0.25, 0.3) is 11.3 Å². The minimum atomic E-state index is -0.738. The summed E-state index contributed by atoms with van der Waals surface area (Å²) in [6.45, 7) is 2.41. The number of aryl methyl sites for hydroxylation is 1. The zero-order chi connectivity index (χ0) is 18.1. The van der Waals surface area contributed by atoms with E-state index in [9.17, 15) is 4.39 Å². The molecule has 25 heavy (non-hydrogen) atoms. The molecule has 0 aliphatic carbocycles. The Morgan fingerprint density at radius 1 is 1.28 bits per heavy atom. The number of benzene rings is 1. The van der Waals surface area contributed by atoms with Crippen molar-refractivity contribution in [3.05, 3.63) is 53.1 Å². The van der Waals surface area contributed by atoms with Gasteiger partial charge in [0.15, 0.2) is 5.84 Å². The monoisotopic (exact) mass is 335 g/mol. The zero-order valence-corrected chi connectivity index (χ0v) is 13.3. The first-order valence-electron chi connectivity index (χ1n) is 7.47.